The van der Waals surface area contributed by atoms with Crippen LogP contribution in [0.25, 0.3) is 0 Å². The molecule has 1 fully saturated rings. The Balaban J connectivity index is 0.00000400. The van der Waals surface area contributed by atoms with E-state index in [-0.39, 0.29) is 28.7 Å². The molecule has 6 heteroatoms. The Labute approximate surface area is 152 Å². The van der Waals surface area contributed by atoms with E-state index >= 15 is 0 Å². The molecule has 0 saturated carbocycles. The van der Waals surface area contributed by atoms with Crippen molar-refractivity contribution in [1.82, 2.24) is 15.5 Å². The van der Waals surface area contributed by atoms with Crippen LogP contribution in [0.5, 0.6) is 0 Å². The highest BCUT2D eigenvalue weighted by Crippen LogP contribution is 2.19. The molecule has 0 radical (unpaired) electrons. The molecule has 1 heterocycles. The van der Waals surface area contributed by atoms with E-state index in [1.165, 1.54) is 45.3 Å². The molecule has 21 heavy (non-hydrogen) atoms. The molecule has 0 bridgehead atoms. The summed E-state index contributed by atoms with van der Waals surface area (Å²) in [6.45, 7) is 10.3. The first kappa shape index (κ1) is 21.3. The standard InChI is InChI=1S/C15H32N4S.HI/c1-15(2,20-4)13-18-14(16-3)17-9-5-6-10-19-11-7-8-12-19;/h5-13H2,1-4H3,(H2,16,17,18);1H. The van der Waals surface area contributed by atoms with E-state index in [4.69, 9.17) is 0 Å². The number of nitrogens with zero attached hydrogens (tertiary/aromatic N) is 2. The third kappa shape index (κ3) is 9.84. The number of thioether (sulfide) groups is 1. The fourth-order valence-corrected chi connectivity index (χ4v) is 2.48. The Bertz CT molecular complexity index is 291. The second kappa shape index (κ2) is 11.8. The monoisotopic (exact) mass is 428 g/mol. The highest BCUT2D eigenvalue weighted by Gasteiger charge is 2.16. The second-order valence-corrected chi connectivity index (χ2v) is 7.59. The molecule has 126 valence electrons. The van der Waals surface area contributed by atoms with Gasteiger partial charge in [-0.25, -0.2) is 0 Å². The van der Waals surface area contributed by atoms with E-state index in [2.05, 4.69) is 40.6 Å². The van der Waals surface area contributed by atoms with Gasteiger partial charge in [0.25, 0.3) is 0 Å². The molecule has 0 aromatic carbocycles. The molecule has 1 rings (SSSR count). The Morgan fingerprint density at radius 1 is 1.19 bits per heavy atom. The third-order valence-electron chi connectivity index (χ3n) is 3.85. The molecular formula is C15H33IN4S. The van der Waals surface area contributed by atoms with E-state index in [0.29, 0.717) is 0 Å². The van der Waals surface area contributed by atoms with Crippen LogP contribution in [0.1, 0.15) is 39.5 Å². The number of nitrogens with one attached hydrogen (secondary N) is 2. The van der Waals surface area contributed by atoms with Crippen LogP contribution in [0, 0.1) is 0 Å². The van der Waals surface area contributed by atoms with Crippen LogP contribution in [-0.4, -0.2) is 61.6 Å². The van der Waals surface area contributed by atoms with E-state index < -0.39 is 0 Å². The minimum atomic E-state index is 0. The number of guanidine groups is 1. The molecule has 1 aliphatic rings. The summed E-state index contributed by atoms with van der Waals surface area (Å²) in [6.07, 6.45) is 7.42. The lowest BCUT2D eigenvalue weighted by atomic mass is 10.2. The summed E-state index contributed by atoms with van der Waals surface area (Å²) < 4.78 is 0.243. The molecule has 1 aliphatic heterocycles. The maximum Gasteiger partial charge on any atom is 0.191 e. The van der Waals surface area contributed by atoms with E-state index in [9.17, 15) is 0 Å². The fraction of sp³-hybridized carbons (Fsp3) is 0.933. The van der Waals surface area contributed by atoms with Gasteiger partial charge in [-0.15, -0.1) is 24.0 Å². The van der Waals surface area contributed by atoms with Crippen molar-refractivity contribution in [3.05, 3.63) is 0 Å². The minimum Gasteiger partial charge on any atom is -0.356 e. The summed E-state index contributed by atoms with van der Waals surface area (Å²) in [6, 6.07) is 0. The van der Waals surface area contributed by atoms with Gasteiger partial charge in [-0.3, -0.25) is 4.99 Å². The molecule has 0 aromatic heterocycles. The van der Waals surface area contributed by atoms with Gasteiger partial charge in [0.15, 0.2) is 5.96 Å². The van der Waals surface area contributed by atoms with Gasteiger partial charge < -0.3 is 15.5 Å². The zero-order valence-electron chi connectivity index (χ0n) is 14.1. The van der Waals surface area contributed by atoms with Gasteiger partial charge in [0.1, 0.15) is 0 Å². The second-order valence-electron chi connectivity index (χ2n) is 6.07. The molecule has 1 saturated heterocycles. The van der Waals surface area contributed by atoms with E-state index in [0.717, 1.165) is 19.0 Å². The van der Waals surface area contributed by atoms with Crippen LogP contribution in [0.15, 0.2) is 4.99 Å². The summed E-state index contributed by atoms with van der Waals surface area (Å²) >= 11 is 1.87. The summed E-state index contributed by atoms with van der Waals surface area (Å²) in [4.78, 5) is 6.85. The third-order valence-corrected chi connectivity index (χ3v) is 5.10. The first-order valence-corrected chi connectivity index (χ1v) is 9.02. The number of unbranched alkanes of at least 4 members (excludes halogenated alkanes) is 1. The maximum atomic E-state index is 4.28. The smallest absolute Gasteiger partial charge is 0.191 e. The predicted octanol–water partition coefficient (Wildman–Crippen LogP) is 2.79. The number of rotatable bonds is 8. The predicted molar refractivity (Wildman–Crippen MR) is 107 cm³/mol. The van der Waals surface area contributed by atoms with Gasteiger partial charge in [0, 0.05) is 24.9 Å². The zero-order valence-corrected chi connectivity index (χ0v) is 17.2. The van der Waals surface area contributed by atoms with Crippen molar-refractivity contribution in [1.29, 1.82) is 0 Å². The number of aliphatic imine (C=N–C) groups is 1. The first-order valence-electron chi connectivity index (χ1n) is 7.79. The van der Waals surface area contributed by atoms with Crippen molar-refractivity contribution < 1.29 is 0 Å². The molecule has 0 atom stereocenters. The van der Waals surface area contributed by atoms with Gasteiger partial charge in [0.2, 0.25) is 0 Å². The van der Waals surface area contributed by atoms with Crippen molar-refractivity contribution in [2.24, 2.45) is 4.99 Å². The number of hydrogen-bond donors (Lipinski definition) is 2. The Hall–Kier alpha value is 0.310. The van der Waals surface area contributed by atoms with Crippen LogP contribution >= 0.6 is 35.7 Å². The number of halogens is 1. The molecule has 0 spiro atoms. The topological polar surface area (TPSA) is 39.7 Å². The van der Waals surface area contributed by atoms with Crippen molar-refractivity contribution in [2.45, 2.75) is 44.3 Å². The largest absolute Gasteiger partial charge is 0.356 e. The number of likely N-dealkylation sites (tertiary alicyclic amines) is 1. The molecule has 0 unspecified atom stereocenters. The van der Waals surface area contributed by atoms with Crippen LogP contribution in [0.4, 0.5) is 0 Å². The molecule has 0 aliphatic carbocycles. The van der Waals surface area contributed by atoms with Crippen LogP contribution in [0.3, 0.4) is 0 Å². The van der Waals surface area contributed by atoms with Crippen LogP contribution in [0.2, 0.25) is 0 Å². The van der Waals surface area contributed by atoms with Crippen molar-refractivity contribution in [3.63, 3.8) is 0 Å². The lowest BCUT2D eigenvalue weighted by molar-refractivity contribution is 0.330. The Morgan fingerprint density at radius 3 is 2.43 bits per heavy atom. The minimum absolute atomic E-state index is 0. The fourth-order valence-electron chi connectivity index (χ4n) is 2.26. The van der Waals surface area contributed by atoms with Crippen molar-refractivity contribution >= 4 is 41.7 Å². The lowest BCUT2D eigenvalue weighted by Crippen LogP contribution is -2.43. The first-order chi connectivity index (χ1) is 9.57. The lowest BCUT2D eigenvalue weighted by Gasteiger charge is -2.23. The average molecular weight is 428 g/mol. The van der Waals surface area contributed by atoms with Gasteiger partial charge >= 0.3 is 0 Å². The number of hydrogen-bond acceptors (Lipinski definition) is 3. The average Bonchev–Trinajstić information content (AvgIpc) is 2.95. The highest BCUT2D eigenvalue weighted by atomic mass is 127. The summed E-state index contributed by atoms with van der Waals surface area (Å²) in [5.74, 6) is 0.924. The van der Waals surface area contributed by atoms with Crippen molar-refractivity contribution in [2.75, 3.05) is 46.0 Å². The maximum absolute atomic E-state index is 4.28. The molecule has 0 aromatic rings. The molecule has 4 nitrogen and oxygen atoms in total. The van der Waals surface area contributed by atoms with Crippen LogP contribution < -0.4 is 10.6 Å². The zero-order chi connectivity index (χ0) is 14.8. The summed E-state index contributed by atoms with van der Waals surface area (Å²) in [5, 5.41) is 6.80. The molecule has 0 amide bonds. The summed E-state index contributed by atoms with van der Waals surface area (Å²) in [5.41, 5.74) is 0. The highest BCUT2D eigenvalue weighted by molar-refractivity contribution is 14.0. The van der Waals surface area contributed by atoms with Gasteiger partial charge in [0.05, 0.1) is 0 Å². The van der Waals surface area contributed by atoms with Gasteiger partial charge in [-0.1, -0.05) is 0 Å². The Kier molecular flexibility index (Phi) is 12.0. The van der Waals surface area contributed by atoms with Crippen LogP contribution in [-0.2, 0) is 0 Å². The normalized spacial score (nSPS) is 16.7. The quantitative estimate of drug-likeness (QED) is 0.270. The van der Waals surface area contributed by atoms with E-state index in [1.807, 2.05) is 18.8 Å². The Morgan fingerprint density at radius 2 is 1.86 bits per heavy atom. The SMILES string of the molecule is CN=C(NCCCCN1CCCC1)NCC(C)(C)SC.I. The van der Waals surface area contributed by atoms with Crippen molar-refractivity contribution in [3.8, 4) is 0 Å². The van der Waals surface area contributed by atoms with Gasteiger partial charge in [-0.2, -0.15) is 11.8 Å². The molecule has 2 N–H and O–H groups in total. The summed E-state index contributed by atoms with van der Waals surface area (Å²) in [7, 11) is 1.84. The van der Waals surface area contributed by atoms with Gasteiger partial charge in [-0.05, 0) is 65.4 Å². The molecular weight excluding hydrogens is 395 g/mol. The van der Waals surface area contributed by atoms with E-state index in [1.54, 1.807) is 0 Å².